The summed E-state index contributed by atoms with van der Waals surface area (Å²) in [7, 11) is 0. The van der Waals surface area contributed by atoms with Gasteiger partial charge < -0.3 is 9.15 Å². The SMILES string of the molecule is CC(OC(=O)c1ccc2ocnc2c1)C(=O)N(c1ccccc1)c1ccccc1. The number of amides is 1. The van der Waals surface area contributed by atoms with Crippen LogP contribution in [0.15, 0.2) is 89.7 Å². The Bertz CT molecular complexity index is 1100. The summed E-state index contributed by atoms with van der Waals surface area (Å²) in [4.78, 5) is 31.3. The maximum atomic E-state index is 13.2. The second kappa shape index (κ2) is 7.98. The molecular weight excluding hydrogens is 368 g/mol. The molecule has 0 N–H and O–H groups in total. The highest BCUT2D eigenvalue weighted by Crippen LogP contribution is 2.26. The van der Waals surface area contributed by atoms with Crippen LogP contribution in [0.3, 0.4) is 0 Å². The van der Waals surface area contributed by atoms with E-state index in [0.29, 0.717) is 28.0 Å². The van der Waals surface area contributed by atoms with Gasteiger partial charge in [-0.15, -0.1) is 0 Å². The molecule has 1 unspecified atom stereocenters. The molecule has 1 aromatic heterocycles. The summed E-state index contributed by atoms with van der Waals surface area (Å²) in [5.74, 6) is -0.949. The van der Waals surface area contributed by atoms with Crippen molar-refractivity contribution >= 4 is 34.4 Å². The third-order valence-corrected chi connectivity index (χ3v) is 4.45. The second-order valence-electron chi connectivity index (χ2n) is 6.43. The zero-order valence-electron chi connectivity index (χ0n) is 15.7. The smallest absolute Gasteiger partial charge is 0.338 e. The van der Waals surface area contributed by atoms with Gasteiger partial charge in [-0.25, -0.2) is 9.78 Å². The summed E-state index contributed by atoms with van der Waals surface area (Å²) in [6.07, 6.45) is 0.319. The number of rotatable bonds is 5. The summed E-state index contributed by atoms with van der Waals surface area (Å²) in [6, 6.07) is 23.3. The number of carbonyl (C=O) groups is 2. The van der Waals surface area contributed by atoms with Gasteiger partial charge in [0, 0.05) is 11.4 Å². The van der Waals surface area contributed by atoms with E-state index in [1.54, 1.807) is 30.0 Å². The first-order valence-corrected chi connectivity index (χ1v) is 9.12. The molecule has 0 aliphatic carbocycles. The van der Waals surface area contributed by atoms with E-state index in [1.165, 1.54) is 6.39 Å². The molecule has 1 atom stereocenters. The number of hydrogen-bond acceptors (Lipinski definition) is 5. The molecule has 0 radical (unpaired) electrons. The first kappa shape index (κ1) is 18.4. The number of carbonyl (C=O) groups excluding carboxylic acids is 2. The van der Waals surface area contributed by atoms with Gasteiger partial charge in [-0.05, 0) is 49.4 Å². The van der Waals surface area contributed by atoms with Crippen LogP contribution >= 0.6 is 0 Å². The molecule has 0 fully saturated rings. The highest BCUT2D eigenvalue weighted by atomic mass is 16.5. The molecule has 6 nitrogen and oxygen atoms in total. The van der Waals surface area contributed by atoms with Crippen molar-refractivity contribution in [3.8, 4) is 0 Å². The summed E-state index contributed by atoms with van der Waals surface area (Å²) in [6.45, 7) is 1.56. The zero-order valence-corrected chi connectivity index (χ0v) is 15.7. The van der Waals surface area contributed by atoms with Gasteiger partial charge in [0.15, 0.2) is 18.1 Å². The summed E-state index contributed by atoms with van der Waals surface area (Å²) >= 11 is 0. The van der Waals surface area contributed by atoms with Gasteiger partial charge in [0.25, 0.3) is 5.91 Å². The van der Waals surface area contributed by atoms with Gasteiger partial charge in [0.1, 0.15) is 5.52 Å². The van der Waals surface area contributed by atoms with Crippen LogP contribution in [0.25, 0.3) is 11.1 Å². The van der Waals surface area contributed by atoms with E-state index in [0.717, 1.165) is 0 Å². The standard InChI is InChI=1S/C23H18N2O4/c1-16(29-23(27)17-12-13-21-20(14-17)24-15-28-21)22(26)25(18-8-4-2-5-9-18)19-10-6-3-7-11-19/h2-16H,1H3. The molecule has 4 aromatic rings. The van der Waals surface area contributed by atoms with E-state index in [2.05, 4.69) is 4.98 Å². The van der Waals surface area contributed by atoms with Crippen molar-refractivity contribution in [1.82, 2.24) is 4.98 Å². The normalized spacial score (nSPS) is 11.8. The third kappa shape index (κ3) is 3.87. The molecule has 0 saturated heterocycles. The Morgan fingerprint density at radius 2 is 1.55 bits per heavy atom. The minimum Gasteiger partial charge on any atom is -0.449 e. The molecule has 3 aromatic carbocycles. The predicted octanol–water partition coefficient (Wildman–Crippen LogP) is 4.74. The van der Waals surface area contributed by atoms with E-state index < -0.39 is 12.1 Å². The average molecular weight is 386 g/mol. The van der Waals surface area contributed by atoms with Crippen molar-refractivity contribution in [3.63, 3.8) is 0 Å². The molecule has 0 aliphatic heterocycles. The van der Waals surface area contributed by atoms with E-state index in [-0.39, 0.29) is 5.91 Å². The average Bonchev–Trinajstić information content (AvgIpc) is 3.23. The van der Waals surface area contributed by atoms with Gasteiger partial charge in [-0.1, -0.05) is 36.4 Å². The lowest BCUT2D eigenvalue weighted by Gasteiger charge is -2.26. The van der Waals surface area contributed by atoms with Crippen molar-refractivity contribution in [3.05, 3.63) is 90.8 Å². The molecule has 144 valence electrons. The van der Waals surface area contributed by atoms with Crippen molar-refractivity contribution < 1.29 is 18.7 Å². The van der Waals surface area contributed by atoms with Crippen molar-refractivity contribution in [2.75, 3.05) is 4.90 Å². The minimum atomic E-state index is -0.990. The summed E-state index contributed by atoms with van der Waals surface area (Å²) in [5.41, 5.74) is 2.81. The fourth-order valence-corrected chi connectivity index (χ4v) is 3.00. The van der Waals surface area contributed by atoms with Crippen LogP contribution in [0.4, 0.5) is 11.4 Å². The van der Waals surface area contributed by atoms with E-state index >= 15 is 0 Å². The number of aromatic nitrogens is 1. The second-order valence-corrected chi connectivity index (χ2v) is 6.43. The molecule has 0 aliphatic rings. The van der Waals surface area contributed by atoms with Crippen molar-refractivity contribution in [2.24, 2.45) is 0 Å². The molecule has 0 spiro atoms. The lowest BCUT2D eigenvalue weighted by atomic mass is 10.2. The van der Waals surface area contributed by atoms with Gasteiger partial charge in [-0.3, -0.25) is 9.69 Å². The quantitative estimate of drug-likeness (QED) is 0.463. The molecule has 29 heavy (non-hydrogen) atoms. The van der Waals surface area contributed by atoms with Gasteiger partial charge in [0.05, 0.1) is 5.56 Å². The van der Waals surface area contributed by atoms with Gasteiger partial charge in [-0.2, -0.15) is 0 Å². The molecule has 0 bridgehead atoms. The summed E-state index contributed by atoms with van der Waals surface area (Å²) < 4.78 is 10.6. The first-order valence-electron chi connectivity index (χ1n) is 9.12. The summed E-state index contributed by atoms with van der Waals surface area (Å²) in [5, 5.41) is 0. The highest BCUT2D eigenvalue weighted by molar-refractivity contribution is 6.04. The highest BCUT2D eigenvalue weighted by Gasteiger charge is 2.27. The maximum absolute atomic E-state index is 13.2. The molecule has 6 heteroatoms. The lowest BCUT2D eigenvalue weighted by molar-refractivity contribution is -0.125. The van der Waals surface area contributed by atoms with E-state index in [4.69, 9.17) is 9.15 Å². The fraction of sp³-hybridized carbons (Fsp3) is 0.0870. The molecular formula is C23H18N2O4. The van der Waals surface area contributed by atoms with Gasteiger partial charge in [0.2, 0.25) is 0 Å². The van der Waals surface area contributed by atoms with Crippen LogP contribution in [0.1, 0.15) is 17.3 Å². The third-order valence-electron chi connectivity index (χ3n) is 4.45. The molecule has 1 heterocycles. The molecule has 0 saturated carbocycles. The zero-order chi connectivity index (χ0) is 20.2. The van der Waals surface area contributed by atoms with Crippen LogP contribution < -0.4 is 4.90 Å². The van der Waals surface area contributed by atoms with Crippen LogP contribution in [0.2, 0.25) is 0 Å². The Morgan fingerprint density at radius 3 is 2.17 bits per heavy atom. The number of nitrogens with zero attached hydrogens (tertiary/aromatic N) is 2. The van der Waals surface area contributed by atoms with Crippen molar-refractivity contribution in [1.29, 1.82) is 0 Å². The van der Waals surface area contributed by atoms with Crippen LogP contribution in [-0.4, -0.2) is 23.0 Å². The number of ether oxygens (including phenoxy) is 1. The topological polar surface area (TPSA) is 72.6 Å². The number of para-hydroxylation sites is 2. The fourth-order valence-electron chi connectivity index (χ4n) is 3.00. The first-order chi connectivity index (χ1) is 14.1. The minimum absolute atomic E-state index is 0.303. The Balaban J connectivity index is 1.57. The van der Waals surface area contributed by atoms with Crippen molar-refractivity contribution in [2.45, 2.75) is 13.0 Å². The number of anilines is 2. The predicted molar refractivity (Wildman–Crippen MR) is 109 cm³/mol. The Morgan fingerprint density at radius 1 is 0.931 bits per heavy atom. The monoisotopic (exact) mass is 386 g/mol. The number of fused-ring (bicyclic) bond motifs is 1. The van der Waals surface area contributed by atoms with Crippen LogP contribution in [0, 0.1) is 0 Å². The Labute approximate surface area is 167 Å². The number of esters is 1. The molecule has 1 amide bonds. The van der Waals surface area contributed by atoms with E-state index in [9.17, 15) is 9.59 Å². The van der Waals surface area contributed by atoms with Crippen LogP contribution in [0.5, 0.6) is 0 Å². The van der Waals surface area contributed by atoms with Crippen LogP contribution in [-0.2, 0) is 9.53 Å². The number of oxazole rings is 1. The van der Waals surface area contributed by atoms with Gasteiger partial charge >= 0.3 is 5.97 Å². The van der Waals surface area contributed by atoms with E-state index in [1.807, 2.05) is 60.7 Å². The largest absolute Gasteiger partial charge is 0.449 e. The lowest BCUT2D eigenvalue weighted by Crippen LogP contribution is -2.37. The Kier molecular flexibility index (Phi) is 5.07. The molecule has 4 rings (SSSR count). The number of hydrogen-bond donors (Lipinski definition) is 0. The Hall–Kier alpha value is -3.93. The number of benzene rings is 3. The maximum Gasteiger partial charge on any atom is 0.338 e.